The third-order valence-electron chi connectivity index (χ3n) is 3.22. The van der Waals surface area contributed by atoms with Gasteiger partial charge in [-0.15, -0.1) is 0 Å². The van der Waals surface area contributed by atoms with Crippen molar-refractivity contribution in [2.75, 3.05) is 5.32 Å². The molecule has 3 heterocycles. The Morgan fingerprint density at radius 2 is 1.92 bits per heavy atom. The molecule has 24 heavy (non-hydrogen) atoms. The number of hydrogen-bond donors (Lipinski definition) is 2. The number of amides is 1. The van der Waals surface area contributed by atoms with Crippen LogP contribution in [0.25, 0.3) is 0 Å². The first-order valence-electron chi connectivity index (χ1n) is 7.45. The Balaban J connectivity index is 1.59. The van der Waals surface area contributed by atoms with E-state index in [-0.39, 0.29) is 5.91 Å². The fourth-order valence-electron chi connectivity index (χ4n) is 2.02. The molecule has 7 heteroatoms. The summed E-state index contributed by atoms with van der Waals surface area (Å²) in [6.45, 7) is 0.884. The number of carbonyl (C=O) groups excluding carboxylic acids is 1. The van der Waals surface area contributed by atoms with E-state index < -0.39 is 0 Å². The lowest BCUT2D eigenvalue weighted by Crippen LogP contribution is -2.24. The van der Waals surface area contributed by atoms with Gasteiger partial charge in [0, 0.05) is 31.3 Å². The maximum Gasteiger partial charge on any atom is 0.270 e. The molecule has 0 saturated carbocycles. The Morgan fingerprint density at radius 1 is 0.958 bits per heavy atom. The quantitative estimate of drug-likeness (QED) is 0.719. The van der Waals surface area contributed by atoms with Gasteiger partial charge in [-0.05, 0) is 29.8 Å². The van der Waals surface area contributed by atoms with E-state index in [0.29, 0.717) is 24.7 Å². The van der Waals surface area contributed by atoms with Gasteiger partial charge in [0.25, 0.3) is 5.91 Å². The van der Waals surface area contributed by atoms with Crippen LogP contribution in [0.15, 0.2) is 61.2 Å². The summed E-state index contributed by atoms with van der Waals surface area (Å²) in [5, 5.41) is 5.86. The van der Waals surface area contributed by atoms with Crippen LogP contribution in [0.2, 0.25) is 0 Å². The SMILES string of the molecule is O=C(NCc1cccnc1)c1ccnc(NCc2ccccn2)n1. The summed E-state index contributed by atoms with van der Waals surface area (Å²) in [6, 6.07) is 11.0. The summed E-state index contributed by atoms with van der Waals surface area (Å²) in [6.07, 6.45) is 6.67. The van der Waals surface area contributed by atoms with Crippen molar-refractivity contribution < 1.29 is 4.79 Å². The first kappa shape index (κ1) is 15.5. The number of aromatic nitrogens is 4. The van der Waals surface area contributed by atoms with E-state index in [1.54, 1.807) is 30.9 Å². The molecule has 3 aromatic rings. The standard InChI is InChI=1S/C17H16N6O/c24-16(21-11-13-4-3-7-18-10-13)15-6-9-20-17(23-15)22-12-14-5-1-2-8-19-14/h1-10H,11-12H2,(H,21,24)(H,20,22,23). The summed E-state index contributed by atoms with van der Waals surface area (Å²) in [4.78, 5) is 28.7. The second-order valence-corrected chi connectivity index (χ2v) is 4.98. The number of pyridine rings is 2. The van der Waals surface area contributed by atoms with E-state index in [1.807, 2.05) is 30.3 Å². The molecule has 0 aromatic carbocycles. The molecule has 0 unspecified atom stereocenters. The molecule has 7 nitrogen and oxygen atoms in total. The average Bonchev–Trinajstić information content (AvgIpc) is 2.66. The van der Waals surface area contributed by atoms with Gasteiger partial charge in [-0.3, -0.25) is 14.8 Å². The Kier molecular flexibility index (Phi) is 5.03. The van der Waals surface area contributed by atoms with Crippen molar-refractivity contribution >= 4 is 11.9 Å². The lowest BCUT2D eigenvalue weighted by Gasteiger charge is -2.07. The van der Waals surface area contributed by atoms with Crippen LogP contribution in [0.4, 0.5) is 5.95 Å². The smallest absolute Gasteiger partial charge is 0.270 e. The molecule has 1 amide bonds. The van der Waals surface area contributed by atoms with Crippen LogP contribution in [-0.4, -0.2) is 25.8 Å². The van der Waals surface area contributed by atoms with Crippen molar-refractivity contribution in [2.24, 2.45) is 0 Å². The minimum absolute atomic E-state index is 0.262. The fourth-order valence-corrected chi connectivity index (χ4v) is 2.02. The zero-order valence-electron chi connectivity index (χ0n) is 12.9. The normalized spacial score (nSPS) is 10.2. The summed E-state index contributed by atoms with van der Waals surface area (Å²) in [5.74, 6) is 0.122. The third kappa shape index (κ3) is 4.33. The highest BCUT2D eigenvalue weighted by Gasteiger charge is 2.08. The molecule has 0 fully saturated rings. The van der Waals surface area contributed by atoms with Crippen molar-refractivity contribution in [3.8, 4) is 0 Å². The monoisotopic (exact) mass is 320 g/mol. The number of rotatable bonds is 6. The van der Waals surface area contributed by atoms with Crippen molar-refractivity contribution in [1.29, 1.82) is 0 Å². The molecule has 0 aliphatic rings. The third-order valence-corrected chi connectivity index (χ3v) is 3.22. The molecular weight excluding hydrogens is 304 g/mol. The molecule has 3 rings (SSSR count). The Hall–Kier alpha value is -3.35. The molecular formula is C17H16N6O. The highest BCUT2D eigenvalue weighted by atomic mass is 16.1. The zero-order valence-corrected chi connectivity index (χ0v) is 12.9. The molecule has 0 bridgehead atoms. The summed E-state index contributed by atoms with van der Waals surface area (Å²) >= 11 is 0. The van der Waals surface area contributed by atoms with Crippen molar-refractivity contribution in [3.63, 3.8) is 0 Å². The summed E-state index contributed by atoms with van der Waals surface area (Å²) in [5.41, 5.74) is 2.10. The largest absolute Gasteiger partial charge is 0.349 e. The zero-order chi connectivity index (χ0) is 16.6. The van der Waals surface area contributed by atoms with Gasteiger partial charge in [-0.25, -0.2) is 9.97 Å². The van der Waals surface area contributed by atoms with Gasteiger partial charge in [0.05, 0.1) is 12.2 Å². The molecule has 0 saturated heterocycles. The fraction of sp³-hybridized carbons (Fsp3) is 0.118. The Morgan fingerprint density at radius 3 is 2.71 bits per heavy atom. The maximum absolute atomic E-state index is 12.2. The van der Waals surface area contributed by atoms with Gasteiger partial charge in [0.2, 0.25) is 5.95 Å². The molecule has 0 radical (unpaired) electrons. The number of carbonyl (C=O) groups is 1. The van der Waals surface area contributed by atoms with Crippen molar-refractivity contribution in [2.45, 2.75) is 13.1 Å². The second-order valence-electron chi connectivity index (χ2n) is 4.98. The van der Waals surface area contributed by atoms with Gasteiger partial charge >= 0.3 is 0 Å². The van der Waals surface area contributed by atoms with Crippen LogP contribution in [0, 0.1) is 0 Å². The summed E-state index contributed by atoms with van der Waals surface area (Å²) < 4.78 is 0. The Bertz CT molecular complexity index is 794. The molecule has 2 N–H and O–H groups in total. The van der Waals surface area contributed by atoms with Crippen LogP contribution >= 0.6 is 0 Å². The molecule has 0 spiro atoms. The first-order chi connectivity index (χ1) is 11.8. The number of nitrogens with one attached hydrogen (secondary N) is 2. The average molecular weight is 320 g/mol. The van der Waals surface area contributed by atoms with E-state index in [4.69, 9.17) is 0 Å². The van der Waals surface area contributed by atoms with Crippen LogP contribution in [-0.2, 0) is 13.1 Å². The predicted octanol–water partition coefficient (Wildman–Crippen LogP) is 1.81. The van der Waals surface area contributed by atoms with Gasteiger partial charge in [0.1, 0.15) is 5.69 Å². The maximum atomic E-state index is 12.2. The van der Waals surface area contributed by atoms with E-state index in [1.165, 1.54) is 0 Å². The molecule has 0 atom stereocenters. The molecule has 120 valence electrons. The highest BCUT2D eigenvalue weighted by Crippen LogP contribution is 2.04. The van der Waals surface area contributed by atoms with E-state index in [9.17, 15) is 4.79 Å². The number of nitrogens with zero attached hydrogens (tertiary/aromatic N) is 4. The van der Waals surface area contributed by atoms with Gasteiger partial charge in [-0.2, -0.15) is 0 Å². The number of anilines is 1. The van der Waals surface area contributed by atoms with E-state index in [2.05, 4.69) is 30.6 Å². The van der Waals surface area contributed by atoms with Gasteiger partial charge < -0.3 is 10.6 Å². The van der Waals surface area contributed by atoms with E-state index in [0.717, 1.165) is 11.3 Å². The van der Waals surface area contributed by atoms with Crippen LogP contribution < -0.4 is 10.6 Å². The van der Waals surface area contributed by atoms with Crippen LogP contribution in [0.3, 0.4) is 0 Å². The predicted molar refractivity (Wildman–Crippen MR) is 89.0 cm³/mol. The minimum Gasteiger partial charge on any atom is -0.349 e. The van der Waals surface area contributed by atoms with E-state index >= 15 is 0 Å². The minimum atomic E-state index is -0.262. The van der Waals surface area contributed by atoms with Gasteiger partial charge in [0.15, 0.2) is 0 Å². The van der Waals surface area contributed by atoms with Crippen molar-refractivity contribution in [1.82, 2.24) is 25.3 Å². The highest BCUT2D eigenvalue weighted by molar-refractivity contribution is 5.92. The lowest BCUT2D eigenvalue weighted by molar-refractivity contribution is 0.0946. The van der Waals surface area contributed by atoms with Crippen LogP contribution in [0.1, 0.15) is 21.7 Å². The van der Waals surface area contributed by atoms with Crippen molar-refractivity contribution in [3.05, 3.63) is 78.1 Å². The lowest BCUT2D eigenvalue weighted by atomic mass is 10.3. The molecule has 3 aromatic heterocycles. The summed E-state index contributed by atoms with van der Waals surface area (Å²) in [7, 11) is 0. The first-order valence-corrected chi connectivity index (χ1v) is 7.45. The topological polar surface area (TPSA) is 92.7 Å². The Labute approximate surface area is 139 Å². The van der Waals surface area contributed by atoms with Crippen LogP contribution in [0.5, 0.6) is 0 Å². The second kappa shape index (κ2) is 7.77. The van der Waals surface area contributed by atoms with Gasteiger partial charge in [-0.1, -0.05) is 12.1 Å². The molecule has 0 aliphatic heterocycles. The number of hydrogen-bond acceptors (Lipinski definition) is 6. The molecule has 0 aliphatic carbocycles.